The van der Waals surface area contributed by atoms with Crippen molar-refractivity contribution in [2.24, 2.45) is 5.92 Å². The third-order valence-corrected chi connectivity index (χ3v) is 3.60. The van der Waals surface area contributed by atoms with Gasteiger partial charge >= 0.3 is 5.97 Å². The highest BCUT2D eigenvalue weighted by Gasteiger charge is 2.14. The van der Waals surface area contributed by atoms with Crippen LogP contribution in [-0.2, 0) is 17.6 Å². The summed E-state index contributed by atoms with van der Waals surface area (Å²) in [5.41, 5.74) is 2.22. The SMILES string of the molecule is O=C(O)Cc1cccc(CC2CCCCC2)c1. The minimum Gasteiger partial charge on any atom is -0.481 e. The van der Waals surface area contributed by atoms with Crippen molar-refractivity contribution in [2.45, 2.75) is 44.9 Å². The number of aliphatic carboxylic acids is 1. The van der Waals surface area contributed by atoms with Crippen LogP contribution in [0.25, 0.3) is 0 Å². The van der Waals surface area contributed by atoms with E-state index >= 15 is 0 Å². The maximum Gasteiger partial charge on any atom is 0.307 e. The van der Waals surface area contributed by atoms with E-state index in [1.807, 2.05) is 12.1 Å². The minimum absolute atomic E-state index is 0.137. The smallest absolute Gasteiger partial charge is 0.307 e. The Morgan fingerprint density at radius 3 is 2.59 bits per heavy atom. The fourth-order valence-corrected chi connectivity index (χ4v) is 2.77. The molecule has 0 aliphatic heterocycles. The van der Waals surface area contributed by atoms with Crippen molar-refractivity contribution in [1.82, 2.24) is 0 Å². The normalized spacial score (nSPS) is 16.9. The Balaban J connectivity index is 1.97. The van der Waals surface area contributed by atoms with Crippen LogP contribution < -0.4 is 0 Å². The summed E-state index contributed by atoms with van der Waals surface area (Å²) in [5, 5.41) is 8.78. The molecule has 1 aromatic rings. The van der Waals surface area contributed by atoms with Crippen LogP contribution in [0.1, 0.15) is 43.2 Å². The topological polar surface area (TPSA) is 37.3 Å². The summed E-state index contributed by atoms with van der Waals surface area (Å²) in [4.78, 5) is 10.7. The van der Waals surface area contributed by atoms with E-state index in [1.165, 1.54) is 37.7 Å². The van der Waals surface area contributed by atoms with Gasteiger partial charge in [-0.3, -0.25) is 4.79 Å². The summed E-state index contributed by atoms with van der Waals surface area (Å²) in [6, 6.07) is 8.07. The molecule has 0 unspecified atom stereocenters. The molecule has 17 heavy (non-hydrogen) atoms. The average Bonchev–Trinajstić information content (AvgIpc) is 2.30. The van der Waals surface area contributed by atoms with Crippen LogP contribution in [0.2, 0.25) is 0 Å². The third kappa shape index (κ3) is 3.88. The molecule has 0 saturated heterocycles. The number of benzene rings is 1. The van der Waals surface area contributed by atoms with E-state index < -0.39 is 5.97 Å². The zero-order chi connectivity index (χ0) is 12.1. The van der Waals surface area contributed by atoms with Gasteiger partial charge in [0.25, 0.3) is 0 Å². The second kappa shape index (κ2) is 5.85. The molecule has 2 nitrogen and oxygen atoms in total. The van der Waals surface area contributed by atoms with E-state index in [0.29, 0.717) is 0 Å². The van der Waals surface area contributed by atoms with Crippen LogP contribution >= 0.6 is 0 Å². The first-order valence-electron chi connectivity index (χ1n) is 6.53. The highest BCUT2D eigenvalue weighted by atomic mass is 16.4. The Hall–Kier alpha value is -1.31. The maximum absolute atomic E-state index is 10.7. The van der Waals surface area contributed by atoms with Crippen LogP contribution in [0.4, 0.5) is 0 Å². The molecule has 0 amide bonds. The summed E-state index contributed by atoms with van der Waals surface area (Å²) in [5.74, 6) is 0.0589. The lowest BCUT2D eigenvalue weighted by molar-refractivity contribution is -0.136. The molecule has 0 atom stereocenters. The minimum atomic E-state index is -0.750. The first-order chi connectivity index (χ1) is 8.24. The molecule has 1 fully saturated rings. The Morgan fingerprint density at radius 1 is 1.18 bits per heavy atom. The first-order valence-corrected chi connectivity index (χ1v) is 6.53. The van der Waals surface area contributed by atoms with E-state index in [-0.39, 0.29) is 6.42 Å². The molecule has 1 aliphatic rings. The molecule has 0 aromatic heterocycles. The number of carboxylic acids is 1. The highest BCUT2D eigenvalue weighted by Crippen LogP contribution is 2.27. The van der Waals surface area contributed by atoms with Crippen molar-refractivity contribution in [2.75, 3.05) is 0 Å². The largest absolute Gasteiger partial charge is 0.481 e. The molecular weight excluding hydrogens is 212 g/mol. The summed E-state index contributed by atoms with van der Waals surface area (Å²) >= 11 is 0. The summed E-state index contributed by atoms with van der Waals surface area (Å²) in [6.07, 6.45) is 8.03. The second-order valence-corrected chi connectivity index (χ2v) is 5.10. The van der Waals surface area contributed by atoms with Gasteiger partial charge in [-0.05, 0) is 23.5 Å². The van der Waals surface area contributed by atoms with Crippen LogP contribution in [0.3, 0.4) is 0 Å². The van der Waals surface area contributed by atoms with Gasteiger partial charge in [-0.25, -0.2) is 0 Å². The Morgan fingerprint density at radius 2 is 1.88 bits per heavy atom. The Kier molecular flexibility index (Phi) is 4.18. The van der Waals surface area contributed by atoms with Crippen molar-refractivity contribution >= 4 is 5.97 Å². The quantitative estimate of drug-likeness (QED) is 0.863. The number of hydrogen-bond donors (Lipinski definition) is 1. The predicted octanol–water partition coefficient (Wildman–Crippen LogP) is 3.44. The van der Waals surface area contributed by atoms with E-state index in [0.717, 1.165) is 17.9 Å². The van der Waals surface area contributed by atoms with Gasteiger partial charge in [-0.15, -0.1) is 0 Å². The van der Waals surface area contributed by atoms with E-state index in [4.69, 9.17) is 5.11 Å². The summed E-state index contributed by atoms with van der Waals surface area (Å²) in [6.45, 7) is 0. The van der Waals surface area contributed by atoms with Gasteiger partial charge in [-0.1, -0.05) is 56.4 Å². The number of carboxylic acid groups (broad SMARTS) is 1. The third-order valence-electron chi connectivity index (χ3n) is 3.60. The maximum atomic E-state index is 10.7. The molecule has 1 aromatic carbocycles. The highest BCUT2D eigenvalue weighted by molar-refractivity contribution is 5.70. The van der Waals surface area contributed by atoms with Gasteiger partial charge < -0.3 is 5.11 Å². The molecular formula is C15H20O2. The van der Waals surface area contributed by atoms with Crippen LogP contribution in [-0.4, -0.2) is 11.1 Å². The molecule has 1 saturated carbocycles. The van der Waals surface area contributed by atoms with Crippen molar-refractivity contribution in [3.8, 4) is 0 Å². The van der Waals surface area contributed by atoms with Crippen molar-refractivity contribution in [3.05, 3.63) is 35.4 Å². The van der Waals surface area contributed by atoms with Crippen LogP contribution in [0, 0.1) is 5.92 Å². The van der Waals surface area contributed by atoms with E-state index in [2.05, 4.69) is 12.1 Å². The van der Waals surface area contributed by atoms with Crippen LogP contribution in [0.5, 0.6) is 0 Å². The van der Waals surface area contributed by atoms with Gasteiger partial charge in [0.15, 0.2) is 0 Å². The lowest BCUT2D eigenvalue weighted by Crippen LogP contribution is -2.09. The zero-order valence-corrected chi connectivity index (χ0v) is 10.2. The molecule has 2 heteroatoms. The number of rotatable bonds is 4. The molecule has 0 heterocycles. The predicted molar refractivity (Wildman–Crippen MR) is 68.1 cm³/mol. The van der Waals surface area contributed by atoms with Crippen molar-refractivity contribution in [1.29, 1.82) is 0 Å². The molecule has 1 N–H and O–H groups in total. The monoisotopic (exact) mass is 232 g/mol. The first kappa shape index (κ1) is 12.2. The zero-order valence-electron chi connectivity index (χ0n) is 10.2. The van der Waals surface area contributed by atoms with Gasteiger partial charge in [-0.2, -0.15) is 0 Å². The summed E-state index contributed by atoms with van der Waals surface area (Å²) < 4.78 is 0. The molecule has 0 bridgehead atoms. The van der Waals surface area contributed by atoms with E-state index in [1.54, 1.807) is 0 Å². The number of hydrogen-bond acceptors (Lipinski definition) is 1. The molecule has 92 valence electrons. The lowest BCUT2D eigenvalue weighted by Gasteiger charge is -2.21. The fraction of sp³-hybridized carbons (Fsp3) is 0.533. The van der Waals surface area contributed by atoms with E-state index in [9.17, 15) is 4.79 Å². The van der Waals surface area contributed by atoms with Crippen molar-refractivity contribution < 1.29 is 9.90 Å². The van der Waals surface area contributed by atoms with Gasteiger partial charge in [0.05, 0.1) is 6.42 Å². The van der Waals surface area contributed by atoms with Gasteiger partial charge in [0, 0.05) is 0 Å². The van der Waals surface area contributed by atoms with Gasteiger partial charge in [0.1, 0.15) is 0 Å². The molecule has 1 aliphatic carbocycles. The fourth-order valence-electron chi connectivity index (χ4n) is 2.77. The number of carbonyl (C=O) groups is 1. The van der Waals surface area contributed by atoms with Crippen molar-refractivity contribution in [3.63, 3.8) is 0 Å². The van der Waals surface area contributed by atoms with Crippen LogP contribution in [0.15, 0.2) is 24.3 Å². The lowest BCUT2D eigenvalue weighted by atomic mass is 9.84. The average molecular weight is 232 g/mol. The molecule has 0 spiro atoms. The molecule has 2 rings (SSSR count). The Labute approximate surface area is 103 Å². The Bertz CT molecular complexity index is 378. The molecule has 0 radical (unpaired) electrons. The van der Waals surface area contributed by atoms with Gasteiger partial charge in [0.2, 0.25) is 0 Å². The standard InChI is InChI=1S/C15H20O2/c16-15(17)11-14-8-4-7-13(10-14)9-12-5-2-1-3-6-12/h4,7-8,10,12H,1-3,5-6,9,11H2,(H,16,17). The summed E-state index contributed by atoms with van der Waals surface area (Å²) in [7, 11) is 0. The second-order valence-electron chi connectivity index (χ2n) is 5.10.